The minimum absolute atomic E-state index is 0.241. The molecule has 2 saturated heterocycles. The molecule has 14 heteroatoms. The average molecular weight is 1070 g/mol. The molecule has 2 aliphatic rings. The first-order chi connectivity index (χ1) is 37.1. The molecule has 0 aliphatic carbocycles. The molecule has 2 rings (SSSR count). The summed E-state index contributed by atoms with van der Waals surface area (Å²) in [4.78, 5) is 13.1. The molecule has 0 aromatic heterocycles. The zero-order valence-corrected chi connectivity index (χ0v) is 45.9. The number of hydrogen-bond acceptors (Lipinski definition) is 13. The van der Waals surface area contributed by atoms with Crippen LogP contribution < -0.4 is 5.32 Å². The number of rotatable bonds is 42. The van der Waals surface area contributed by atoms with Crippen molar-refractivity contribution in [2.45, 2.75) is 229 Å². The standard InChI is InChI=1S/C62H99NO13/c1-3-5-7-9-11-12-13-14-15-16-17-18-19-20-21-22-23-24-25-26-27-28-29-30-31-32-33-34-35-36-37-38-40-42-44-46-54(67)63-50(51(66)45-43-41-39-10-8-6-4-2)49-73-61-59(72)57(70)60(53(48-65)75-61)76-62-58(71)56(69)55(68)52(47-64)74-62/h5,7,11-12,14-15,17-18,20-21,23-24,26-27,29-30,32-33,35-36,43,45,50-53,55-62,64-66,68-72H,3-4,6,8-10,13,16,19,22,25,28,31,34,37-42,44,46-49H2,1-2H3,(H,63,67)/b7-5-,12-11-,15-14-,18-17-,21-20-,24-23-,27-26-,30-29-,33-32-,36-35-,45-43+. The monoisotopic (exact) mass is 1070 g/mol. The molecular formula is C62H99NO13. The van der Waals surface area contributed by atoms with E-state index in [9.17, 15) is 45.6 Å². The largest absolute Gasteiger partial charge is 0.394 e. The number of carbonyl (C=O) groups excluding carboxylic acids is 1. The second-order valence-corrected chi connectivity index (χ2v) is 19.3. The van der Waals surface area contributed by atoms with E-state index >= 15 is 0 Å². The number of amides is 1. The van der Waals surface area contributed by atoms with E-state index in [4.69, 9.17) is 18.9 Å². The molecule has 14 nitrogen and oxygen atoms in total. The molecule has 0 aromatic carbocycles. The fraction of sp³-hybridized carbons (Fsp3) is 0.629. The highest BCUT2D eigenvalue weighted by Crippen LogP contribution is 2.30. The quantitative estimate of drug-likeness (QED) is 0.0206. The molecule has 430 valence electrons. The van der Waals surface area contributed by atoms with Gasteiger partial charge in [0.25, 0.3) is 0 Å². The van der Waals surface area contributed by atoms with Crippen molar-refractivity contribution < 1.29 is 64.6 Å². The lowest BCUT2D eigenvalue weighted by Gasteiger charge is -2.46. The number of nitrogens with one attached hydrogen (secondary N) is 1. The zero-order valence-electron chi connectivity index (χ0n) is 45.9. The van der Waals surface area contributed by atoms with E-state index in [2.05, 4.69) is 141 Å². The number of ether oxygens (including phenoxy) is 4. The molecule has 12 atom stereocenters. The van der Waals surface area contributed by atoms with E-state index < -0.39 is 86.8 Å². The van der Waals surface area contributed by atoms with Gasteiger partial charge in [-0.25, -0.2) is 0 Å². The molecular weight excluding hydrogens is 967 g/mol. The van der Waals surface area contributed by atoms with Crippen LogP contribution in [0, 0.1) is 0 Å². The van der Waals surface area contributed by atoms with E-state index in [1.165, 1.54) is 6.42 Å². The van der Waals surface area contributed by atoms with Crippen LogP contribution in [-0.2, 0) is 23.7 Å². The molecule has 1 amide bonds. The molecule has 0 bridgehead atoms. The number of aliphatic hydroxyl groups excluding tert-OH is 8. The minimum Gasteiger partial charge on any atom is -0.394 e. The number of hydrogen-bond donors (Lipinski definition) is 9. The third kappa shape index (κ3) is 31.5. The average Bonchev–Trinajstić information content (AvgIpc) is 3.42. The fourth-order valence-corrected chi connectivity index (χ4v) is 8.26. The first kappa shape index (κ1) is 68.2. The highest BCUT2D eigenvalue weighted by Gasteiger charge is 2.51. The topological polar surface area (TPSA) is 228 Å². The van der Waals surface area contributed by atoms with Gasteiger partial charge in [-0.2, -0.15) is 0 Å². The van der Waals surface area contributed by atoms with Crippen molar-refractivity contribution in [3.05, 3.63) is 134 Å². The summed E-state index contributed by atoms with van der Waals surface area (Å²) in [6.45, 7) is 2.55. The third-order valence-electron chi connectivity index (χ3n) is 12.8. The Morgan fingerprint density at radius 3 is 1.38 bits per heavy atom. The van der Waals surface area contributed by atoms with Crippen LogP contribution in [0.25, 0.3) is 0 Å². The maximum atomic E-state index is 13.1. The number of carbonyl (C=O) groups is 1. The van der Waals surface area contributed by atoms with Gasteiger partial charge in [0, 0.05) is 6.42 Å². The van der Waals surface area contributed by atoms with Crippen LogP contribution in [-0.4, -0.2) is 140 Å². The second-order valence-electron chi connectivity index (χ2n) is 19.3. The van der Waals surface area contributed by atoms with Crippen LogP contribution in [0.1, 0.15) is 155 Å². The highest BCUT2D eigenvalue weighted by molar-refractivity contribution is 5.76. The van der Waals surface area contributed by atoms with Crippen molar-refractivity contribution in [2.75, 3.05) is 19.8 Å². The lowest BCUT2D eigenvalue weighted by Crippen LogP contribution is -2.65. The molecule has 0 aromatic rings. The van der Waals surface area contributed by atoms with Gasteiger partial charge in [-0.15, -0.1) is 0 Å². The summed E-state index contributed by atoms with van der Waals surface area (Å²) in [6.07, 6.45) is 51.1. The summed E-state index contributed by atoms with van der Waals surface area (Å²) in [7, 11) is 0. The smallest absolute Gasteiger partial charge is 0.220 e. The van der Waals surface area contributed by atoms with E-state index in [1.54, 1.807) is 6.08 Å². The molecule has 76 heavy (non-hydrogen) atoms. The van der Waals surface area contributed by atoms with E-state index in [0.717, 1.165) is 122 Å². The summed E-state index contributed by atoms with van der Waals surface area (Å²) in [6, 6.07) is -0.935. The first-order valence-corrected chi connectivity index (χ1v) is 28.4. The van der Waals surface area contributed by atoms with E-state index in [1.807, 2.05) is 6.08 Å². The normalized spacial score (nSPS) is 25.9. The summed E-state index contributed by atoms with van der Waals surface area (Å²) >= 11 is 0. The van der Waals surface area contributed by atoms with Gasteiger partial charge in [-0.05, 0) is 96.3 Å². The van der Waals surface area contributed by atoms with Gasteiger partial charge in [-0.1, -0.05) is 186 Å². The van der Waals surface area contributed by atoms with Crippen LogP contribution in [0.2, 0.25) is 0 Å². The Labute approximate surface area is 456 Å². The van der Waals surface area contributed by atoms with Gasteiger partial charge in [-0.3, -0.25) is 4.79 Å². The minimum atomic E-state index is -1.80. The predicted molar refractivity (Wildman–Crippen MR) is 304 cm³/mol. The van der Waals surface area contributed by atoms with Crippen LogP contribution in [0.4, 0.5) is 0 Å². The van der Waals surface area contributed by atoms with E-state index in [-0.39, 0.29) is 18.9 Å². The second kappa shape index (κ2) is 46.1. The van der Waals surface area contributed by atoms with E-state index in [0.29, 0.717) is 6.42 Å². The van der Waals surface area contributed by atoms with Crippen molar-refractivity contribution >= 4 is 5.91 Å². The van der Waals surface area contributed by atoms with Crippen LogP contribution in [0.3, 0.4) is 0 Å². The summed E-state index contributed by atoms with van der Waals surface area (Å²) in [5, 5.41) is 86.5. The number of unbranched alkanes of at least 4 members (excludes halogenated alkanes) is 9. The van der Waals surface area contributed by atoms with Gasteiger partial charge in [0.2, 0.25) is 5.91 Å². The maximum absolute atomic E-state index is 13.1. The van der Waals surface area contributed by atoms with Crippen molar-refractivity contribution in [1.29, 1.82) is 0 Å². The molecule has 9 N–H and O–H groups in total. The Morgan fingerprint density at radius 1 is 0.487 bits per heavy atom. The van der Waals surface area contributed by atoms with Crippen LogP contribution >= 0.6 is 0 Å². The van der Waals surface area contributed by atoms with Gasteiger partial charge in [0.05, 0.1) is 32.0 Å². The van der Waals surface area contributed by atoms with Crippen molar-refractivity contribution in [3.8, 4) is 0 Å². The summed E-state index contributed by atoms with van der Waals surface area (Å²) in [5.41, 5.74) is 0. The van der Waals surface area contributed by atoms with Gasteiger partial charge in [0.1, 0.15) is 48.8 Å². The Hall–Kier alpha value is -3.87. The molecule has 2 heterocycles. The SMILES string of the molecule is CC/C=C\C/C=C\C/C=C\C/C=C\C/C=C\C/C=C\C/C=C\C/C=C\C/C=C\C/C=C\CCCCCCC(=O)NC(COC1OC(CO)C(OC2OC(CO)C(O)C(O)C2O)C(O)C1O)C(O)/C=C/CCCCCCC. The van der Waals surface area contributed by atoms with Gasteiger partial charge in [0.15, 0.2) is 12.6 Å². The molecule has 2 fully saturated rings. The Balaban J connectivity index is 1.65. The lowest BCUT2D eigenvalue weighted by atomic mass is 9.97. The summed E-state index contributed by atoms with van der Waals surface area (Å²) < 4.78 is 22.6. The van der Waals surface area contributed by atoms with Crippen molar-refractivity contribution in [1.82, 2.24) is 5.32 Å². The Morgan fingerprint density at radius 2 is 0.908 bits per heavy atom. The van der Waals surface area contributed by atoms with Crippen molar-refractivity contribution in [3.63, 3.8) is 0 Å². The molecule has 0 saturated carbocycles. The van der Waals surface area contributed by atoms with Crippen LogP contribution in [0.5, 0.6) is 0 Å². The zero-order chi connectivity index (χ0) is 55.3. The highest BCUT2D eigenvalue weighted by atomic mass is 16.7. The predicted octanol–water partition coefficient (Wildman–Crippen LogP) is 9.21. The number of aliphatic hydroxyl groups is 8. The van der Waals surface area contributed by atoms with Gasteiger partial charge < -0.3 is 65.1 Å². The Kier molecular flexibility index (Phi) is 41.4. The Bertz CT molecular complexity index is 1780. The summed E-state index contributed by atoms with van der Waals surface area (Å²) in [5.74, 6) is -0.276. The van der Waals surface area contributed by atoms with Crippen LogP contribution in [0.15, 0.2) is 134 Å². The van der Waals surface area contributed by atoms with Crippen molar-refractivity contribution in [2.24, 2.45) is 0 Å². The molecule has 2 aliphatic heterocycles. The fourth-order valence-electron chi connectivity index (χ4n) is 8.26. The first-order valence-electron chi connectivity index (χ1n) is 28.4. The number of allylic oxidation sites excluding steroid dienone is 21. The molecule has 0 spiro atoms. The molecule has 0 radical (unpaired) electrons. The lowest BCUT2D eigenvalue weighted by molar-refractivity contribution is -0.359. The maximum Gasteiger partial charge on any atom is 0.220 e. The molecule has 12 unspecified atom stereocenters. The van der Waals surface area contributed by atoms with Gasteiger partial charge >= 0.3 is 0 Å². The third-order valence-corrected chi connectivity index (χ3v) is 12.8.